The van der Waals surface area contributed by atoms with Crippen LogP contribution in [0.4, 0.5) is 5.69 Å². The van der Waals surface area contributed by atoms with E-state index in [4.69, 9.17) is 9.47 Å². The molecule has 5 nitrogen and oxygen atoms in total. The van der Waals surface area contributed by atoms with E-state index in [0.717, 1.165) is 33.7 Å². The Bertz CT molecular complexity index is 1270. The number of nitrogens with zero attached hydrogens (tertiary/aromatic N) is 1. The van der Waals surface area contributed by atoms with E-state index in [1.165, 1.54) is 7.11 Å². The fourth-order valence-electron chi connectivity index (χ4n) is 4.14. The van der Waals surface area contributed by atoms with Gasteiger partial charge >= 0.3 is 5.97 Å². The van der Waals surface area contributed by atoms with Crippen molar-refractivity contribution in [3.05, 3.63) is 112 Å². The fourth-order valence-corrected chi connectivity index (χ4v) is 4.14. The summed E-state index contributed by atoms with van der Waals surface area (Å²) in [5, 5.41) is 0. The highest BCUT2D eigenvalue weighted by Gasteiger charge is 2.38. The summed E-state index contributed by atoms with van der Waals surface area (Å²) < 4.78 is 10.9. The number of esters is 1. The Balaban J connectivity index is 1.63. The average Bonchev–Trinajstić information content (AvgIpc) is 3.07. The molecule has 1 aliphatic rings. The molecule has 1 heterocycles. The summed E-state index contributed by atoms with van der Waals surface area (Å²) in [6.07, 6.45) is 1.72. The first-order chi connectivity index (χ1) is 16.4. The van der Waals surface area contributed by atoms with E-state index in [0.29, 0.717) is 17.9 Å². The second-order valence-electron chi connectivity index (χ2n) is 8.34. The van der Waals surface area contributed by atoms with E-state index < -0.39 is 5.97 Å². The van der Waals surface area contributed by atoms with Gasteiger partial charge < -0.3 is 9.47 Å². The summed E-state index contributed by atoms with van der Waals surface area (Å²) in [5.74, 6) is -0.0698. The van der Waals surface area contributed by atoms with E-state index in [9.17, 15) is 9.59 Å². The van der Waals surface area contributed by atoms with Gasteiger partial charge in [0.1, 0.15) is 12.4 Å². The van der Waals surface area contributed by atoms with Crippen LogP contribution in [-0.2, 0) is 20.9 Å². The summed E-state index contributed by atoms with van der Waals surface area (Å²) in [6.45, 7) is 6.20. The Morgan fingerprint density at radius 1 is 0.912 bits per heavy atom. The average molecular weight is 454 g/mol. The molecule has 172 valence electrons. The van der Waals surface area contributed by atoms with Gasteiger partial charge in [-0.3, -0.25) is 9.69 Å². The summed E-state index contributed by atoms with van der Waals surface area (Å²) in [6, 6.07) is 23.3. The molecule has 0 fully saturated rings. The first-order valence-electron chi connectivity index (χ1n) is 11.1. The van der Waals surface area contributed by atoms with Gasteiger partial charge in [-0.1, -0.05) is 48.5 Å². The molecule has 4 rings (SSSR count). The molecule has 1 amide bonds. The predicted molar refractivity (Wildman–Crippen MR) is 133 cm³/mol. The van der Waals surface area contributed by atoms with Crippen LogP contribution in [0.3, 0.4) is 0 Å². The first-order valence-corrected chi connectivity index (χ1v) is 11.1. The number of allylic oxidation sites excluding steroid dienone is 1. The number of carbonyl (C=O) groups excluding carboxylic acids is 2. The second-order valence-corrected chi connectivity index (χ2v) is 8.34. The highest BCUT2D eigenvalue weighted by atomic mass is 16.5. The van der Waals surface area contributed by atoms with Gasteiger partial charge in [0.25, 0.3) is 5.91 Å². The van der Waals surface area contributed by atoms with Crippen molar-refractivity contribution in [2.75, 3.05) is 12.0 Å². The van der Waals surface area contributed by atoms with Crippen LogP contribution >= 0.6 is 0 Å². The van der Waals surface area contributed by atoms with Gasteiger partial charge in [-0.05, 0) is 73.4 Å². The topological polar surface area (TPSA) is 55.8 Å². The predicted octanol–water partition coefficient (Wildman–Crippen LogP) is 5.76. The number of ether oxygens (including phenoxy) is 2. The number of amides is 1. The number of aryl methyl sites for hydroxylation is 2. The maximum Gasteiger partial charge on any atom is 0.340 e. The minimum atomic E-state index is -0.535. The summed E-state index contributed by atoms with van der Waals surface area (Å²) in [4.78, 5) is 27.7. The van der Waals surface area contributed by atoms with Crippen LogP contribution < -0.4 is 9.64 Å². The van der Waals surface area contributed by atoms with Crippen molar-refractivity contribution in [3.8, 4) is 5.75 Å². The normalized spacial score (nSPS) is 14.6. The van der Waals surface area contributed by atoms with E-state index in [-0.39, 0.29) is 11.5 Å². The Hall–Kier alpha value is -4.12. The Kier molecular flexibility index (Phi) is 6.64. The molecule has 0 bridgehead atoms. The minimum Gasteiger partial charge on any atom is -0.489 e. The lowest BCUT2D eigenvalue weighted by molar-refractivity contribution is -0.136. The fraction of sp³-hybridized carbons (Fsp3) is 0.172. The molecule has 0 saturated carbocycles. The quantitative estimate of drug-likeness (QED) is 0.352. The SMILES string of the molecule is COC(=O)C1=C(C)N(c2cc(C)cc(C)c2)C(=O)/C1=C\c1ccc(OCc2ccccc2)cc1. The van der Waals surface area contributed by atoms with Crippen molar-refractivity contribution in [1.82, 2.24) is 0 Å². The van der Waals surface area contributed by atoms with Crippen LogP contribution in [0.2, 0.25) is 0 Å². The molecular formula is C29H27NO4. The molecule has 0 aliphatic carbocycles. The van der Waals surface area contributed by atoms with Crippen LogP contribution in [0.1, 0.15) is 29.2 Å². The zero-order chi connectivity index (χ0) is 24.2. The van der Waals surface area contributed by atoms with Gasteiger partial charge in [-0.25, -0.2) is 4.79 Å². The molecule has 0 unspecified atom stereocenters. The minimum absolute atomic E-state index is 0.257. The van der Waals surface area contributed by atoms with Crippen molar-refractivity contribution < 1.29 is 19.1 Å². The van der Waals surface area contributed by atoms with Crippen molar-refractivity contribution in [1.29, 1.82) is 0 Å². The van der Waals surface area contributed by atoms with E-state index >= 15 is 0 Å². The van der Waals surface area contributed by atoms with Gasteiger partial charge in [-0.15, -0.1) is 0 Å². The third-order valence-electron chi connectivity index (χ3n) is 5.69. The Labute approximate surface area is 199 Å². The molecule has 34 heavy (non-hydrogen) atoms. The lowest BCUT2D eigenvalue weighted by Crippen LogP contribution is -2.24. The molecule has 0 saturated heterocycles. The molecule has 5 heteroatoms. The van der Waals surface area contributed by atoms with E-state index in [1.54, 1.807) is 17.9 Å². The first kappa shape index (κ1) is 23.1. The molecule has 0 spiro atoms. The molecule has 0 radical (unpaired) electrons. The zero-order valence-corrected chi connectivity index (χ0v) is 19.8. The van der Waals surface area contributed by atoms with Crippen molar-refractivity contribution >= 4 is 23.6 Å². The van der Waals surface area contributed by atoms with Crippen LogP contribution in [0.15, 0.2) is 89.6 Å². The van der Waals surface area contributed by atoms with Crippen molar-refractivity contribution in [3.63, 3.8) is 0 Å². The van der Waals surface area contributed by atoms with Gasteiger partial charge in [0.15, 0.2) is 0 Å². The number of methoxy groups -OCH3 is 1. The third kappa shape index (κ3) is 4.79. The van der Waals surface area contributed by atoms with E-state index in [1.807, 2.05) is 86.6 Å². The highest BCUT2D eigenvalue weighted by Crippen LogP contribution is 2.36. The van der Waals surface area contributed by atoms with Crippen molar-refractivity contribution in [2.24, 2.45) is 0 Å². The maximum atomic E-state index is 13.5. The van der Waals surface area contributed by atoms with Gasteiger partial charge in [-0.2, -0.15) is 0 Å². The Morgan fingerprint density at radius 2 is 1.56 bits per heavy atom. The monoisotopic (exact) mass is 453 g/mol. The van der Waals surface area contributed by atoms with Crippen LogP contribution in [-0.4, -0.2) is 19.0 Å². The van der Waals surface area contributed by atoms with Gasteiger partial charge in [0.2, 0.25) is 0 Å². The zero-order valence-electron chi connectivity index (χ0n) is 19.8. The second kappa shape index (κ2) is 9.79. The number of hydrogen-bond donors (Lipinski definition) is 0. The number of carbonyl (C=O) groups is 2. The molecule has 1 aliphatic heterocycles. The summed E-state index contributed by atoms with van der Waals surface area (Å²) in [7, 11) is 1.32. The van der Waals surface area contributed by atoms with E-state index in [2.05, 4.69) is 0 Å². The molecule has 0 atom stereocenters. The number of anilines is 1. The third-order valence-corrected chi connectivity index (χ3v) is 5.69. The molecule has 0 aromatic heterocycles. The number of hydrogen-bond acceptors (Lipinski definition) is 4. The Morgan fingerprint density at radius 3 is 2.18 bits per heavy atom. The highest BCUT2D eigenvalue weighted by molar-refractivity contribution is 6.23. The molecule has 0 N–H and O–H groups in total. The molecule has 3 aromatic carbocycles. The van der Waals surface area contributed by atoms with Crippen LogP contribution in [0.5, 0.6) is 5.75 Å². The lowest BCUT2D eigenvalue weighted by atomic mass is 10.0. The largest absolute Gasteiger partial charge is 0.489 e. The lowest BCUT2D eigenvalue weighted by Gasteiger charge is -2.19. The van der Waals surface area contributed by atoms with Crippen LogP contribution in [0.25, 0.3) is 6.08 Å². The van der Waals surface area contributed by atoms with Gasteiger partial charge in [0.05, 0.1) is 18.3 Å². The van der Waals surface area contributed by atoms with Crippen LogP contribution in [0, 0.1) is 13.8 Å². The van der Waals surface area contributed by atoms with Gasteiger partial charge in [0, 0.05) is 11.4 Å². The smallest absolute Gasteiger partial charge is 0.340 e. The maximum absolute atomic E-state index is 13.5. The number of rotatable bonds is 6. The summed E-state index contributed by atoms with van der Waals surface area (Å²) in [5.41, 5.74) is 5.81. The number of benzene rings is 3. The molecular weight excluding hydrogens is 426 g/mol. The summed E-state index contributed by atoms with van der Waals surface area (Å²) >= 11 is 0. The molecule has 3 aromatic rings. The van der Waals surface area contributed by atoms with Crippen molar-refractivity contribution in [2.45, 2.75) is 27.4 Å². The standard InChI is InChI=1S/C29H27NO4/c1-19-14-20(2)16-24(15-19)30-21(3)27(29(32)33-4)26(28(30)31)17-22-10-12-25(13-11-22)34-18-23-8-6-5-7-9-23/h5-17H,18H2,1-4H3/b26-17-.